The van der Waals surface area contributed by atoms with E-state index in [1.54, 1.807) is 6.07 Å². The summed E-state index contributed by atoms with van der Waals surface area (Å²) >= 11 is 5.99. The molecule has 0 amide bonds. The molecule has 1 atom stereocenters. The zero-order valence-electron chi connectivity index (χ0n) is 9.99. The van der Waals surface area contributed by atoms with Crippen LogP contribution in [0.3, 0.4) is 0 Å². The molecule has 1 aromatic carbocycles. The number of hydrogen-bond donors (Lipinski definition) is 2. The summed E-state index contributed by atoms with van der Waals surface area (Å²) in [5.41, 5.74) is 0.767. The first-order chi connectivity index (χ1) is 8.66. The normalized spacial score (nSPS) is 18.8. The molecule has 18 heavy (non-hydrogen) atoms. The Balaban J connectivity index is 1.87. The van der Waals surface area contributed by atoms with Crippen molar-refractivity contribution in [2.45, 2.75) is 25.3 Å². The highest BCUT2D eigenvalue weighted by Crippen LogP contribution is 2.26. The lowest BCUT2D eigenvalue weighted by molar-refractivity contribution is -0.384. The Morgan fingerprint density at radius 3 is 3.00 bits per heavy atom. The van der Waals surface area contributed by atoms with Crippen LogP contribution in [0.4, 0.5) is 11.4 Å². The van der Waals surface area contributed by atoms with Gasteiger partial charge in [0.25, 0.3) is 5.69 Å². The van der Waals surface area contributed by atoms with E-state index in [2.05, 4.69) is 10.6 Å². The van der Waals surface area contributed by atoms with Crippen LogP contribution in [-0.4, -0.2) is 24.1 Å². The molecule has 0 radical (unpaired) electrons. The highest BCUT2D eigenvalue weighted by Gasteiger charge is 2.14. The van der Waals surface area contributed by atoms with Crippen LogP contribution >= 0.6 is 11.6 Å². The van der Waals surface area contributed by atoms with Gasteiger partial charge in [-0.05, 0) is 31.9 Å². The average Bonchev–Trinajstić information content (AvgIpc) is 2.84. The SMILES string of the molecule is O=[N+]([O-])c1ccc(NCCC2CCCN2)c(Cl)c1. The summed E-state index contributed by atoms with van der Waals surface area (Å²) in [5.74, 6) is 0. The van der Waals surface area contributed by atoms with Crippen molar-refractivity contribution < 1.29 is 4.92 Å². The van der Waals surface area contributed by atoms with Crippen LogP contribution in [-0.2, 0) is 0 Å². The molecule has 0 aromatic heterocycles. The van der Waals surface area contributed by atoms with Gasteiger partial charge in [-0.2, -0.15) is 0 Å². The van der Waals surface area contributed by atoms with Gasteiger partial charge in [-0.3, -0.25) is 10.1 Å². The third-order valence-corrected chi connectivity index (χ3v) is 3.45. The van der Waals surface area contributed by atoms with E-state index in [0.29, 0.717) is 11.1 Å². The van der Waals surface area contributed by atoms with E-state index >= 15 is 0 Å². The second-order valence-electron chi connectivity index (χ2n) is 4.43. The standard InChI is InChI=1S/C12H16ClN3O2/c13-11-8-10(16(17)18)3-4-12(11)15-7-5-9-2-1-6-14-9/h3-4,8-9,14-15H,1-2,5-7H2. The highest BCUT2D eigenvalue weighted by atomic mass is 35.5. The number of rotatable bonds is 5. The van der Waals surface area contributed by atoms with Crippen molar-refractivity contribution in [2.24, 2.45) is 0 Å². The molecule has 0 aliphatic carbocycles. The van der Waals surface area contributed by atoms with Crippen LogP contribution in [0.5, 0.6) is 0 Å². The van der Waals surface area contributed by atoms with Gasteiger partial charge in [0.15, 0.2) is 0 Å². The maximum atomic E-state index is 10.6. The van der Waals surface area contributed by atoms with E-state index < -0.39 is 4.92 Å². The number of benzene rings is 1. The lowest BCUT2D eigenvalue weighted by atomic mass is 10.1. The third-order valence-electron chi connectivity index (χ3n) is 3.13. The Kier molecular flexibility index (Phi) is 4.38. The number of nitrogens with zero attached hydrogens (tertiary/aromatic N) is 1. The summed E-state index contributed by atoms with van der Waals surface area (Å²) in [6.45, 7) is 1.91. The Hall–Kier alpha value is -1.33. The van der Waals surface area contributed by atoms with Crippen molar-refractivity contribution in [2.75, 3.05) is 18.4 Å². The van der Waals surface area contributed by atoms with E-state index in [4.69, 9.17) is 11.6 Å². The summed E-state index contributed by atoms with van der Waals surface area (Å²) in [6, 6.07) is 5.07. The maximum Gasteiger partial charge on any atom is 0.271 e. The van der Waals surface area contributed by atoms with Crippen molar-refractivity contribution >= 4 is 23.0 Å². The van der Waals surface area contributed by atoms with Crippen LogP contribution < -0.4 is 10.6 Å². The first kappa shape index (κ1) is 13.1. The van der Waals surface area contributed by atoms with Gasteiger partial charge in [0.1, 0.15) is 0 Å². The molecule has 1 saturated heterocycles. The van der Waals surface area contributed by atoms with Crippen molar-refractivity contribution in [3.05, 3.63) is 33.3 Å². The second-order valence-corrected chi connectivity index (χ2v) is 4.84. The van der Waals surface area contributed by atoms with Gasteiger partial charge in [-0.25, -0.2) is 0 Å². The van der Waals surface area contributed by atoms with Crippen LogP contribution in [0, 0.1) is 10.1 Å². The first-order valence-electron chi connectivity index (χ1n) is 6.08. The molecule has 1 heterocycles. The summed E-state index contributed by atoms with van der Waals surface area (Å²) in [6.07, 6.45) is 3.49. The number of nitrogens with one attached hydrogen (secondary N) is 2. The quantitative estimate of drug-likeness (QED) is 0.637. The van der Waals surface area contributed by atoms with E-state index in [1.807, 2.05) is 0 Å². The van der Waals surface area contributed by atoms with Crippen molar-refractivity contribution in [3.8, 4) is 0 Å². The predicted octanol–water partition coefficient (Wildman–Crippen LogP) is 2.80. The van der Waals surface area contributed by atoms with E-state index in [9.17, 15) is 10.1 Å². The fraction of sp³-hybridized carbons (Fsp3) is 0.500. The Bertz CT molecular complexity index is 433. The van der Waals surface area contributed by atoms with Crippen LogP contribution in [0.25, 0.3) is 0 Å². The van der Waals surface area contributed by atoms with Crippen molar-refractivity contribution in [1.82, 2.24) is 5.32 Å². The highest BCUT2D eigenvalue weighted by molar-refractivity contribution is 6.33. The summed E-state index contributed by atoms with van der Waals surface area (Å²) in [5, 5.41) is 17.6. The number of non-ortho nitro benzene ring substituents is 1. The fourth-order valence-corrected chi connectivity index (χ4v) is 2.39. The Labute approximate surface area is 111 Å². The van der Waals surface area contributed by atoms with Crippen LogP contribution in [0.2, 0.25) is 5.02 Å². The van der Waals surface area contributed by atoms with Gasteiger partial charge in [0.2, 0.25) is 0 Å². The molecule has 0 spiro atoms. The van der Waals surface area contributed by atoms with Gasteiger partial charge in [0.05, 0.1) is 15.6 Å². The molecule has 5 nitrogen and oxygen atoms in total. The summed E-state index contributed by atoms with van der Waals surface area (Å²) < 4.78 is 0. The number of hydrogen-bond acceptors (Lipinski definition) is 4. The lowest BCUT2D eigenvalue weighted by Gasteiger charge is -2.12. The largest absolute Gasteiger partial charge is 0.384 e. The Morgan fingerprint density at radius 2 is 2.39 bits per heavy atom. The molecule has 0 saturated carbocycles. The molecule has 2 N–H and O–H groups in total. The monoisotopic (exact) mass is 269 g/mol. The minimum absolute atomic E-state index is 0.0167. The zero-order chi connectivity index (χ0) is 13.0. The molecule has 1 aliphatic heterocycles. The number of nitro groups is 1. The Morgan fingerprint density at radius 1 is 1.56 bits per heavy atom. The predicted molar refractivity (Wildman–Crippen MR) is 72.2 cm³/mol. The molecule has 6 heteroatoms. The van der Waals surface area contributed by atoms with Crippen molar-refractivity contribution in [1.29, 1.82) is 0 Å². The lowest BCUT2D eigenvalue weighted by Crippen LogP contribution is -2.24. The van der Waals surface area contributed by atoms with Gasteiger partial charge in [-0.15, -0.1) is 0 Å². The van der Waals surface area contributed by atoms with E-state index in [-0.39, 0.29) is 5.69 Å². The van der Waals surface area contributed by atoms with E-state index in [0.717, 1.165) is 25.2 Å². The van der Waals surface area contributed by atoms with Gasteiger partial charge >= 0.3 is 0 Å². The van der Waals surface area contributed by atoms with E-state index in [1.165, 1.54) is 25.0 Å². The zero-order valence-corrected chi connectivity index (χ0v) is 10.7. The van der Waals surface area contributed by atoms with Gasteiger partial charge < -0.3 is 10.6 Å². The number of nitro benzene ring substituents is 1. The van der Waals surface area contributed by atoms with Crippen LogP contribution in [0.15, 0.2) is 18.2 Å². The fourth-order valence-electron chi connectivity index (χ4n) is 2.15. The van der Waals surface area contributed by atoms with Gasteiger partial charge in [0, 0.05) is 24.7 Å². The third kappa shape index (κ3) is 3.34. The molecule has 1 unspecified atom stereocenters. The second kappa shape index (κ2) is 6.02. The maximum absolute atomic E-state index is 10.6. The topological polar surface area (TPSA) is 67.2 Å². The first-order valence-corrected chi connectivity index (χ1v) is 6.46. The molecule has 2 rings (SSSR count). The molecule has 0 bridgehead atoms. The molecule has 1 aromatic rings. The molecule has 98 valence electrons. The van der Waals surface area contributed by atoms with Gasteiger partial charge in [-0.1, -0.05) is 11.6 Å². The number of anilines is 1. The molecular formula is C12H16ClN3O2. The summed E-state index contributed by atoms with van der Waals surface area (Å²) in [4.78, 5) is 10.1. The summed E-state index contributed by atoms with van der Waals surface area (Å²) in [7, 11) is 0. The average molecular weight is 270 g/mol. The molecule has 1 fully saturated rings. The van der Waals surface area contributed by atoms with Crippen molar-refractivity contribution in [3.63, 3.8) is 0 Å². The smallest absolute Gasteiger partial charge is 0.271 e. The number of halogens is 1. The minimum atomic E-state index is -0.446. The van der Waals surface area contributed by atoms with Crippen LogP contribution in [0.1, 0.15) is 19.3 Å². The molecule has 1 aliphatic rings. The minimum Gasteiger partial charge on any atom is -0.384 e. The molecular weight excluding hydrogens is 254 g/mol.